The number of para-hydroxylation sites is 1. The Balaban J connectivity index is 2.34. The molecule has 2 aromatic rings. The third-order valence-corrected chi connectivity index (χ3v) is 3.22. The second-order valence-electron chi connectivity index (χ2n) is 4.74. The van der Waals surface area contributed by atoms with E-state index in [1.807, 2.05) is 36.4 Å². The molecule has 5 heteroatoms. The van der Waals surface area contributed by atoms with E-state index < -0.39 is 0 Å². The van der Waals surface area contributed by atoms with Gasteiger partial charge in [0.25, 0.3) is 0 Å². The largest absolute Gasteiger partial charge is 0.507 e. The quantitative estimate of drug-likeness (QED) is 0.366. The highest BCUT2D eigenvalue weighted by Gasteiger charge is 2.12. The van der Waals surface area contributed by atoms with Gasteiger partial charge in [0.15, 0.2) is 0 Å². The number of hydrogen-bond acceptors (Lipinski definition) is 4. The number of amides is 1. The van der Waals surface area contributed by atoms with E-state index in [1.165, 1.54) is 6.08 Å². The molecular formula is C19H16N2O3. The van der Waals surface area contributed by atoms with E-state index in [9.17, 15) is 15.2 Å². The number of benzene rings is 2. The number of nitrogens with zero attached hydrogens (tertiary/aromatic N) is 1. The summed E-state index contributed by atoms with van der Waals surface area (Å²) >= 11 is 0. The van der Waals surface area contributed by atoms with Gasteiger partial charge in [0.1, 0.15) is 28.9 Å². The molecule has 0 heterocycles. The molecule has 0 atom stereocenters. The van der Waals surface area contributed by atoms with Crippen molar-refractivity contribution >= 4 is 12.1 Å². The lowest BCUT2D eigenvalue weighted by atomic mass is 10.1. The van der Waals surface area contributed by atoms with E-state index in [0.717, 1.165) is 0 Å². The first-order chi connectivity index (χ1) is 11.7. The number of hydrogen-bond donors (Lipinski definition) is 2. The minimum atomic E-state index is -0.202. The van der Waals surface area contributed by atoms with E-state index in [0.29, 0.717) is 23.5 Å². The summed E-state index contributed by atoms with van der Waals surface area (Å²) in [6, 6.07) is 18.1. The molecule has 0 bridgehead atoms. The predicted octanol–water partition coefficient (Wildman–Crippen LogP) is 3.92. The van der Waals surface area contributed by atoms with Crippen molar-refractivity contribution in [3.05, 3.63) is 77.6 Å². The van der Waals surface area contributed by atoms with Crippen LogP contribution in [-0.2, 0) is 4.79 Å². The standard InChI is InChI=1S/C19H16N2O3/c1-2-18(23)17(12-20)19(21-13-22)14-8-10-16(11-9-14)24-15-6-4-3-5-7-15/h2-11,13,23H,1H3,(H,21,22)/b18-2+,19-17-. The molecule has 0 radical (unpaired) electrons. The summed E-state index contributed by atoms with van der Waals surface area (Å²) in [6.07, 6.45) is 1.85. The van der Waals surface area contributed by atoms with Gasteiger partial charge in [-0.05, 0) is 55.0 Å². The van der Waals surface area contributed by atoms with E-state index in [2.05, 4.69) is 5.32 Å². The van der Waals surface area contributed by atoms with Gasteiger partial charge in [-0.15, -0.1) is 0 Å². The van der Waals surface area contributed by atoms with Crippen LogP contribution in [-0.4, -0.2) is 11.5 Å². The van der Waals surface area contributed by atoms with E-state index in [1.54, 1.807) is 31.2 Å². The summed E-state index contributed by atoms with van der Waals surface area (Å²) < 4.78 is 5.70. The Hall–Kier alpha value is -3.52. The van der Waals surface area contributed by atoms with Crippen LogP contribution < -0.4 is 10.1 Å². The van der Waals surface area contributed by atoms with Gasteiger partial charge in [-0.1, -0.05) is 18.2 Å². The van der Waals surface area contributed by atoms with Crippen molar-refractivity contribution in [3.8, 4) is 17.6 Å². The minimum absolute atomic E-state index is 0.0127. The van der Waals surface area contributed by atoms with Crippen LogP contribution in [0.4, 0.5) is 0 Å². The monoisotopic (exact) mass is 320 g/mol. The summed E-state index contributed by atoms with van der Waals surface area (Å²) in [7, 11) is 0. The number of aliphatic hydroxyl groups is 1. The van der Waals surface area contributed by atoms with Crippen molar-refractivity contribution in [2.45, 2.75) is 6.92 Å². The minimum Gasteiger partial charge on any atom is -0.507 e. The van der Waals surface area contributed by atoms with Gasteiger partial charge in [-0.3, -0.25) is 4.79 Å². The zero-order valence-corrected chi connectivity index (χ0v) is 13.1. The number of allylic oxidation sites excluding steroid dienone is 2. The lowest BCUT2D eigenvalue weighted by molar-refractivity contribution is -0.108. The van der Waals surface area contributed by atoms with Gasteiger partial charge in [-0.25, -0.2) is 0 Å². The SMILES string of the molecule is C/C=C(O)\C(C#N)=C(/NC=O)c1ccc(Oc2ccccc2)cc1. The van der Waals surface area contributed by atoms with Crippen molar-refractivity contribution in [3.63, 3.8) is 0 Å². The number of nitriles is 1. The Morgan fingerprint density at radius 3 is 2.29 bits per heavy atom. The summed E-state index contributed by atoms with van der Waals surface area (Å²) in [5.41, 5.74) is 0.795. The first-order valence-electron chi connectivity index (χ1n) is 7.23. The van der Waals surface area contributed by atoms with Crippen LogP contribution in [0.3, 0.4) is 0 Å². The molecule has 0 fully saturated rings. The maximum absolute atomic E-state index is 10.8. The second-order valence-corrected chi connectivity index (χ2v) is 4.74. The Morgan fingerprint density at radius 1 is 1.12 bits per heavy atom. The third kappa shape index (κ3) is 4.02. The summed E-state index contributed by atoms with van der Waals surface area (Å²) in [6.45, 7) is 1.60. The number of nitrogens with one attached hydrogen (secondary N) is 1. The lowest BCUT2D eigenvalue weighted by Crippen LogP contribution is -2.12. The molecule has 2 N–H and O–H groups in total. The van der Waals surface area contributed by atoms with E-state index in [4.69, 9.17) is 4.74 Å². The summed E-state index contributed by atoms with van der Waals surface area (Å²) in [5, 5.41) is 21.5. The molecule has 0 unspecified atom stereocenters. The van der Waals surface area contributed by atoms with Crippen LogP contribution in [0, 0.1) is 11.3 Å². The smallest absolute Gasteiger partial charge is 0.211 e. The molecule has 0 aromatic heterocycles. The second kappa shape index (κ2) is 8.20. The number of rotatable bonds is 6. The van der Waals surface area contributed by atoms with Crippen molar-refractivity contribution in [1.82, 2.24) is 5.32 Å². The third-order valence-electron chi connectivity index (χ3n) is 3.22. The number of carbonyl (C=O) groups excluding carboxylic acids is 1. The van der Waals surface area contributed by atoms with Crippen molar-refractivity contribution in [2.75, 3.05) is 0 Å². The molecule has 0 saturated carbocycles. The molecule has 2 aromatic carbocycles. The van der Waals surface area contributed by atoms with Crippen LogP contribution in [0.5, 0.6) is 11.5 Å². The van der Waals surface area contributed by atoms with Crippen LogP contribution in [0.1, 0.15) is 12.5 Å². The zero-order valence-electron chi connectivity index (χ0n) is 13.1. The molecular weight excluding hydrogens is 304 g/mol. The topological polar surface area (TPSA) is 82.4 Å². The van der Waals surface area contributed by atoms with E-state index >= 15 is 0 Å². The highest BCUT2D eigenvalue weighted by atomic mass is 16.5. The average molecular weight is 320 g/mol. The first-order valence-corrected chi connectivity index (χ1v) is 7.23. The fraction of sp³-hybridized carbons (Fsp3) is 0.0526. The first kappa shape index (κ1) is 16.8. The van der Waals surface area contributed by atoms with Crippen molar-refractivity contribution in [1.29, 1.82) is 5.26 Å². The fourth-order valence-corrected chi connectivity index (χ4v) is 2.06. The van der Waals surface area contributed by atoms with Gasteiger partial charge in [0, 0.05) is 0 Å². The fourth-order valence-electron chi connectivity index (χ4n) is 2.06. The van der Waals surface area contributed by atoms with Crippen LogP contribution in [0.25, 0.3) is 5.70 Å². The predicted molar refractivity (Wildman–Crippen MR) is 91.1 cm³/mol. The lowest BCUT2D eigenvalue weighted by Gasteiger charge is -2.11. The summed E-state index contributed by atoms with van der Waals surface area (Å²) in [5.74, 6) is 1.12. The Morgan fingerprint density at radius 2 is 1.75 bits per heavy atom. The van der Waals surface area contributed by atoms with Gasteiger partial charge >= 0.3 is 0 Å². The number of carbonyl (C=O) groups is 1. The van der Waals surface area contributed by atoms with E-state index in [-0.39, 0.29) is 17.0 Å². The highest BCUT2D eigenvalue weighted by Crippen LogP contribution is 2.25. The molecule has 0 aliphatic carbocycles. The van der Waals surface area contributed by atoms with Crippen LogP contribution in [0.15, 0.2) is 72.0 Å². The van der Waals surface area contributed by atoms with Gasteiger partial charge in [0.05, 0.1) is 5.70 Å². The molecule has 0 saturated heterocycles. The maximum Gasteiger partial charge on any atom is 0.211 e. The van der Waals surface area contributed by atoms with Crippen molar-refractivity contribution < 1.29 is 14.6 Å². The molecule has 0 spiro atoms. The molecule has 120 valence electrons. The van der Waals surface area contributed by atoms with Gasteiger partial charge in [0.2, 0.25) is 6.41 Å². The van der Waals surface area contributed by atoms with Crippen molar-refractivity contribution in [2.24, 2.45) is 0 Å². The Kier molecular flexibility index (Phi) is 5.76. The van der Waals surface area contributed by atoms with Crippen LogP contribution >= 0.6 is 0 Å². The molecule has 0 aliphatic rings. The molecule has 0 aliphatic heterocycles. The van der Waals surface area contributed by atoms with Crippen LogP contribution in [0.2, 0.25) is 0 Å². The highest BCUT2D eigenvalue weighted by molar-refractivity contribution is 5.80. The molecule has 24 heavy (non-hydrogen) atoms. The normalized spacial score (nSPS) is 11.9. The molecule has 2 rings (SSSR count). The molecule has 5 nitrogen and oxygen atoms in total. The Labute approximate surface area is 140 Å². The molecule has 1 amide bonds. The Bertz CT molecular complexity index is 801. The van der Waals surface area contributed by atoms with Gasteiger partial charge in [-0.2, -0.15) is 5.26 Å². The number of aliphatic hydroxyl groups excluding tert-OH is 1. The maximum atomic E-state index is 10.8. The average Bonchev–Trinajstić information content (AvgIpc) is 2.63. The van der Waals surface area contributed by atoms with Gasteiger partial charge < -0.3 is 15.2 Å². The number of ether oxygens (including phenoxy) is 1. The zero-order chi connectivity index (χ0) is 17.4. The summed E-state index contributed by atoms with van der Waals surface area (Å²) in [4.78, 5) is 10.8.